The molecular formula is C32H24ClN3O3S. The molecular weight excluding hydrogens is 542 g/mol. The Balaban J connectivity index is 1.24. The van der Waals surface area contributed by atoms with E-state index < -0.39 is 17.1 Å². The molecule has 6 nitrogen and oxygen atoms in total. The number of hydrogen-bond acceptors (Lipinski definition) is 4. The molecule has 1 aliphatic heterocycles. The van der Waals surface area contributed by atoms with Gasteiger partial charge in [-0.2, -0.15) is 0 Å². The van der Waals surface area contributed by atoms with Crippen molar-refractivity contribution in [1.29, 1.82) is 0 Å². The molecule has 0 aliphatic carbocycles. The number of rotatable bonds is 6. The van der Waals surface area contributed by atoms with Crippen LogP contribution in [0.3, 0.4) is 0 Å². The second kappa shape index (κ2) is 10.7. The van der Waals surface area contributed by atoms with Gasteiger partial charge in [0.15, 0.2) is 0 Å². The first-order valence-electron chi connectivity index (χ1n) is 12.7. The lowest BCUT2D eigenvalue weighted by Crippen LogP contribution is -2.36. The van der Waals surface area contributed by atoms with Crippen molar-refractivity contribution in [3.8, 4) is 0 Å². The summed E-state index contributed by atoms with van der Waals surface area (Å²) >= 11 is 6.88. The van der Waals surface area contributed by atoms with E-state index in [0.29, 0.717) is 17.3 Å². The monoisotopic (exact) mass is 565 g/mol. The maximum atomic E-state index is 13.2. The average Bonchev–Trinajstić information content (AvgIpc) is 3.42. The molecule has 0 atom stereocenters. The molecule has 0 bridgehead atoms. The summed E-state index contributed by atoms with van der Waals surface area (Å²) in [4.78, 5) is 39.9. The molecule has 0 saturated carbocycles. The van der Waals surface area contributed by atoms with Crippen molar-refractivity contribution in [3.63, 3.8) is 0 Å². The SMILES string of the molecule is Cc1ccc(Cl)cc1NC(=O)CN1C(=O)S/C(=C\c2cn(Cc3ccc4ccccc4c3)c3ccccc23)C1=O. The molecule has 4 aromatic carbocycles. The number of para-hydroxylation sites is 1. The normalized spacial score (nSPS) is 14.6. The number of nitrogens with one attached hydrogen (secondary N) is 1. The van der Waals surface area contributed by atoms with E-state index in [-0.39, 0.29) is 11.4 Å². The maximum Gasteiger partial charge on any atom is 0.294 e. The summed E-state index contributed by atoms with van der Waals surface area (Å²) in [5.74, 6) is -0.958. The number of amides is 3. The van der Waals surface area contributed by atoms with Gasteiger partial charge in [0.1, 0.15) is 6.54 Å². The van der Waals surface area contributed by atoms with Gasteiger partial charge in [0, 0.05) is 39.9 Å². The van der Waals surface area contributed by atoms with Crippen LogP contribution in [-0.4, -0.2) is 33.1 Å². The summed E-state index contributed by atoms with van der Waals surface area (Å²) in [7, 11) is 0. The Morgan fingerprint density at radius 1 is 0.950 bits per heavy atom. The molecule has 198 valence electrons. The zero-order valence-electron chi connectivity index (χ0n) is 21.6. The third-order valence-corrected chi connectivity index (χ3v) is 8.06. The Hall–Kier alpha value is -4.33. The van der Waals surface area contributed by atoms with Gasteiger partial charge in [0.05, 0.1) is 4.91 Å². The fourth-order valence-corrected chi connectivity index (χ4v) is 5.90. The first kappa shape index (κ1) is 25.9. The van der Waals surface area contributed by atoms with Crippen molar-refractivity contribution in [3.05, 3.63) is 118 Å². The van der Waals surface area contributed by atoms with Crippen LogP contribution < -0.4 is 5.32 Å². The number of aromatic nitrogens is 1. The van der Waals surface area contributed by atoms with Crippen molar-refractivity contribution >= 4 is 73.9 Å². The fourth-order valence-electron chi connectivity index (χ4n) is 4.89. The summed E-state index contributed by atoms with van der Waals surface area (Å²) in [6, 6.07) is 27.8. The number of aryl methyl sites for hydroxylation is 1. The standard InChI is InChI=1S/C32H24ClN3O3S/c1-20-10-13-25(33)16-27(20)34-30(37)19-36-31(38)29(40-32(36)39)15-24-18-35(28-9-5-4-8-26(24)28)17-21-11-12-22-6-2-3-7-23(22)14-21/h2-16,18H,17,19H2,1H3,(H,34,37)/b29-15-. The van der Waals surface area contributed by atoms with Crippen LogP contribution in [0.15, 0.2) is 96.0 Å². The van der Waals surface area contributed by atoms with Gasteiger partial charge in [-0.15, -0.1) is 0 Å². The van der Waals surface area contributed by atoms with Crippen molar-refractivity contribution in [2.24, 2.45) is 0 Å². The predicted molar refractivity (Wildman–Crippen MR) is 162 cm³/mol. The lowest BCUT2D eigenvalue weighted by atomic mass is 10.1. The van der Waals surface area contributed by atoms with E-state index in [1.807, 2.05) is 49.5 Å². The van der Waals surface area contributed by atoms with Crippen LogP contribution in [0.2, 0.25) is 5.02 Å². The maximum absolute atomic E-state index is 13.2. The second-order valence-corrected chi connectivity index (χ2v) is 11.1. The van der Waals surface area contributed by atoms with Crippen LogP contribution in [0.5, 0.6) is 0 Å². The number of nitrogens with zero attached hydrogens (tertiary/aromatic N) is 2. The largest absolute Gasteiger partial charge is 0.342 e. The fraction of sp³-hybridized carbons (Fsp3) is 0.0938. The van der Waals surface area contributed by atoms with Gasteiger partial charge >= 0.3 is 0 Å². The molecule has 1 saturated heterocycles. The number of anilines is 1. The van der Waals surface area contributed by atoms with Crippen molar-refractivity contribution < 1.29 is 14.4 Å². The van der Waals surface area contributed by atoms with Crippen LogP contribution in [-0.2, 0) is 16.1 Å². The van der Waals surface area contributed by atoms with Crippen molar-refractivity contribution in [1.82, 2.24) is 9.47 Å². The lowest BCUT2D eigenvalue weighted by molar-refractivity contribution is -0.127. The number of hydrogen-bond donors (Lipinski definition) is 1. The molecule has 1 N–H and O–H groups in total. The van der Waals surface area contributed by atoms with Crippen LogP contribution >= 0.6 is 23.4 Å². The average molecular weight is 566 g/mol. The molecule has 0 radical (unpaired) electrons. The van der Waals surface area contributed by atoms with Gasteiger partial charge in [-0.1, -0.05) is 72.3 Å². The third kappa shape index (κ3) is 5.13. The second-order valence-electron chi connectivity index (χ2n) is 9.69. The number of imide groups is 1. The van der Waals surface area contributed by atoms with Crippen LogP contribution in [0.25, 0.3) is 27.8 Å². The molecule has 40 heavy (non-hydrogen) atoms. The topological polar surface area (TPSA) is 71.4 Å². The number of thioether (sulfide) groups is 1. The van der Waals surface area contributed by atoms with Crippen LogP contribution in [0.4, 0.5) is 10.5 Å². The summed E-state index contributed by atoms with van der Waals surface area (Å²) in [6.07, 6.45) is 3.74. The molecule has 0 spiro atoms. The minimum atomic E-state index is -0.487. The van der Waals surface area contributed by atoms with E-state index in [1.165, 1.54) is 10.8 Å². The Kier molecular flexibility index (Phi) is 6.92. The van der Waals surface area contributed by atoms with Gasteiger partial charge in [0.2, 0.25) is 5.91 Å². The molecule has 1 fully saturated rings. The van der Waals surface area contributed by atoms with E-state index in [2.05, 4.69) is 40.2 Å². The number of carbonyl (C=O) groups excluding carboxylic acids is 3. The van der Waals surface area contributed by atoms with E-state index in [4.69, 9.17) is 11.6 Å². The lowest BCUT2D eigenvalue weighted by Gasteiger charge is -2.13. The van der Waals surface area contributed by atoms with Gasteiger partial charge in [-0.25, -0.2) is 0 Å². The quantitative estimate of drug-likeness (QED) is 0.217. The zero-order valence-corrected chi connectivity index (χ0v) is 23.1. The predicted octanol–water partition coefficient (Wildman–Crippen LogP) is 7.48. The summed E-state index contributed by atoms with van der Waals surface area (Å²) in [5, 5.41) is 6.10. The first-order chi connectivity index (χ1) is 19.4. The highest BCUT2D eigenvalue weighted by atomic mass is 35.5. The molecule has 1 aliphatic rings. The number of halogens is 1. The summed E-state index contributed by atoms with van der Waals surface area (Å²) < 4.78 is 2.15. The highest BCUT2D eigenvalue weighted by Gasteiger charge is 2.36. The van der Waals surface area contributed by atoms with E-state index in [1.54, 1.807) is 24.3 Å². The van der Waals surface area contributed by atoms with Gasteiger partial charge < -0.3 is 9.88 Å². The molecule has 1 aromatic heterocycles. The highest BCUT2D eigenvalue weighted by molar-refractivity contribution is 8.18. The zero-order chi connectivity index (χ0) is 27.8. The minimum absolute atomic E-state index is 0.283. The Morgan fingerprint density at radius 3 is 2.58 bits per heavy atom. The third-order valence-electron chi connectivity index (χ3n) is 6.92. The van der Waals surface area contributed by atoms with Crippen molar-refractivity contribution in [2.75, 3.05) is 11.9 Å². The molecule has 5 aromatic rings. The molecule has 0 unspecified atom stereocenters. The summed E-state index contributed by atoms with van der Waals surface area (Å²) in [5.41, 5.74) is 4.39. The number of benzene rings is 4. The van der Waals surface area contributed by atoms with Crippen LogP contribution in [0, 0.1) is 6.92 Å². The summed E-state index contributed by atoms with van der Waals surface area (Å²) in [6.45, 7) is 2.12. The minimum Gasteiger partial charge on any atom is -0.342 e. The Labute approximate surface area is 240 Å². The van der Waals surface area contributed by atoms with Gasteiger partial charge in [0.25, 0.3) is 11.1 Å². The smallest absolute Gasteiger partial charge is 0.294 e. The van der Waals surface area contributed by atoms with Crippen LogP contribution in [0.1, 0.15) is 16.7 Å². The van der Waals surface area contributed by atoms with Gasteiger partial charge in [-0.3, -0.25) is 19.3 Å². The van der Waals surface area contributed by atoms with E-state index in [0.717, 1.165) is 44.3 Å². The number of carbonyl (C=O) groups is 3. The molecule has 2 heterocycles. The Bertz CT molecular complexity index is 1860. The van der Waals surface area contributed by atoms with Crippen molar-refractivity contribution in [2.45, 2.75) is 13.5 Å². The Morgan fingerprint density at radius 2 is 1.73 bits per heavy atom. The molecule has 6 rings (SSSR count). The number of fused-ring (bicyclic) bond motifs is 2. The molecule has 3 amide bonds. The van der Waals surface area contributed by atoms with E-state index in [9.17, 15) is 14.4 Å². The highest BCUT2D eigenvalue weighted by Crippen LogP contribution is 2.34. The van der Waals surface area contributed by atoms with E-state index >= 15 is 0 Å². The molecule has 8 heteroatoms. The first-order valence-corrected chi connectivity index (χ1v) is 13.9. The van der Waals surface area contributed by atoms with Gasteiger partial charge in [-0.05, 0) is 70.9 Å².